The van der Waals surface area contributed by atoms with Crippen LogP contribution < -0.4 is 0 Å². The highest BCUT2D eigenvalue weighted by Crippen LogP contribution is 2.23. The van der Waals surface area contributed by atoms with Gasteiger partial charge in [-0.2, -0.15) is 0 Å². The lowest BCUT2D eigenvalue weighted by atomic mass is 10.1. The highest BCUT2D eigenvalue weighted by Gasteiger charge is 2.03. The summed E-state index contributed by atoms with van der Waals surface area (Å²) in [7, 11) is 0. The molecule has 0 fully saturated rings. The molecule has 1 nitrogen and oxygen atoms in total. The Bertz CT molecular complexity index is 730. The van der Waals surface area contributed by atoms with Crippen molar-refractivity contribution in [3.63, 3.8) is 0 Å². The van der Waals surface area contributed by atoms with E-state index in [1.807, 2.05) is 0 Å². The van der Waals surface area contributed by atoms with Gasteiger partial charge in [0.25, 0.3) is 0 Å². The fourth-order valence-electron chi connectivity index (χ4n) is 2.25. The van der Waals surface area contributed by atoms with E-state index in [0.717, 1.165) is 27.8 Å². The van der Waals surface area contributed by atoms with Gasteiger partial charge in [-0.05, 0) is 24.6 Å². The van der Waals surface area contributed by atoms with Gasteiger partial charge < -0.3 is 0 Å². The molecule has 104 valence electrons. The molecule has 0 unspecified atom stereocenters. The van der Waals surface area contributed by atoms with Crippen LogP contribution in [-0.2, 0) is 5.33 Å². The van der Waals surface area contributed by atoms with E-state index in [1.54, 1.807) is 0 Å². The SMILES string of the molecule is Cc1ccc(-c2cccc(-c3ccc(CBr)cc3)n2)cc1. The van der Waals surface area contributed by atoms with Gasteiger partial charge in [0.2, 0.25) is 0 Å². The molecule has 1 aromatic heterocycles. The minimum absolute atomic E-state index is 0.879. The largest absolute Gasteiger partial charge is 0.248 e. The van der Waals surface area contributed by atoms with E-state index in [2.05, 4.69) is 89.6 Å². The van der Waals surface area contributed by atoms with Crippen molar-refractivity contribution in [3.05, 3.63) is 77.9 Å². The number of nitrogens with zero attached hydrogens (tertiary/aromatic N) is 1. The number of aromatic nitrogens is 1. The van der Waals surface area contributed by atoms with Crippen molar-refractivity contribution in [1.82, 2.24) is 4.98 Å². The summed E-state index contributed by atoms with van der Waals surface area (Å²) in [6, 6.07) is 23.2. The second kappa shape index (κ2) is 6.23. The third-order valence-electron chi connectivity index (χ3n) is 3.50. The molecule has 3 aromatic rings. The van der Waals surface area contributed by atoms with E-state index in [-0.39, 0.29) is 0 Å². The fraction of sp³-hybridized carbons (Fsp3) is 0.105. The maximum Gasteiger partial charge on any atom is 0.0709 e. The first kappa shape index (κ1) is 14.0. The highest BCUT2D eigenvalue weighted by atomic mass is 79.9. The van der Waals surface area contributed by atoms with Crippen LogP contribution in [0.5, 0.6) is 0 Å². The lowest BCUT2D eigenvalue weighted by Gasteiger charge is -2.06. The molecule has 0 bridgehead atoms. The van der Waals surface area contributed by atoms with Gasteiger partial charge in [-0.1, -0.05) is 76.1 Å². The first-order valence-electron chi connectivity index (χ1n) is 6.95. The molecular weight excluding hydrogens is 322 g/mol. The standard InChI is InChI=1S/C19H16BrN/c1-14-5-9-16(10-6-14)18-3-2-4-19(21-18)17-11-7-15(13-20)8-12-17/h2-12H,13H2,1H3. The number of hydrogen-bond donors (Lipinski definition) is 0. The van der Waals surface area contributed by atoms with Gasteiger partial charge in [0.1, 0.15) is 0 Å². The van der Waals surface area contributed by atoms with Crippen LogP contribution in [0.15, 0.2) is 66.7 Å². The monoisotopic (exact) mass is 337 g/mol. The first-order valence-corrected chi connectivity index (χ1v) is 8.08. The molecule has 0 atom stereocenters. The van der Waals surface area contributed by atoms with Crippen LogP contribution in [0, 0.1) is 6.92 Å². The molecule has 0 radical (unpaired) electrons. The summed E-state index contributed by atoms with van der Waals surface area (Å²) in [4.78, 5) is 4.79. The van der Waals surface area contributed by atoms with Crippen LogP contribution in [-0.4, -0.2) is 4.98 Å². The number of hydrogen-bond acceptors (Lipinski definition) is 1. The normalized spacial score (nSPS) is 10.6. The second-order valence-electron chi connectivity index (χ2n) is 5.10. The van der Waals surface area contributed by atoms with E-state index >= 15 is 0 Å². The van der Waals surface area contributed by atoms with Crippen LogP contribution in [0.25, 0.3) is 22.5 Å². The Morgan fingerprint density at radius 1 is 0.762 bits per heavy atom. The van der Waals surface area contributed by atoms with Gasteiger partial charge in [-0.25, -0.2) is 4.98 Å². The number of halogens is 1. The van der Waals surface area contributed by atoms with E-state index in [0.29, 0.717) is 0 Å². The Hall–Kier alpha value is -1.93. The zero-order valence-electron chi connectivity index (χ0n) is 11.9. The van der Waals surface area contributed by atoms with Gasteiger partial charge in [0.05, 0.1) is 11.4 Å². The molecule has 2 heteroatoms. The maximum absolute atomic E-state index is 4.79. The smallest absolute Gasteiger partial charge is 0.0709 e. The maximum atomic E-state index is 4.79. The van der Waals surface area contributed by atoms with Crippen LogP contribution >= 0.6 is 15.9 Å². The van der Waals surface area contributed by atoms with E-state index in [1.165, 1.54) is 11.1 Å². The molecule has 0 spiro atoms. The predicted molar refractivity (Wildman–Crippen MR) is 92.5 cm³/mol. The lowest BCUT2D eigenvalue weighted by molar-refractivity contribution is 1.31. The minimum atomic E-state index is 0.879. The second-order valence-corrected chi connectivity index (χ2v) is 5.67. The van der Waals surface area contributed by atoms with Crippen molar-refractivity contribution in [1.29, 1.82) is 0 Å². The van der Waals surface area contributed by atoms with Crippen molar-refractivity contribution in [2.75, 3.05) is 0 Å². The Labute approximate surface area is 133 Å². The van der Waals surface area contributed by atoms with Crippen molar-refractivity contribution in [2.45, 2.75) is 12.3 Å². The summed E-state index contributed by atoms with van der Waals surface area (Å²) in [5.74, 6) is 0. The van der Waals surface area contributed by atoms with Gasteiger partial charge in [0, 0.05) is 16.5 Å². The Balaban J connectivity index is 1.97. The molecule has 0 N–H and O–H groups in total. The average molecular weight is 338 g/mol. The number of rotatable bonds is 3. The summed E-state index contributed by atoms with van der Waals surface area (Å²) in [5, 5.41) is 0.879. The van der Waals surface area contributed by atoms with Crippen molar-refractivity contribution in [2.24, 2.45) is 0 Å². The summed E-state index contributed by atoms with van der Waals surface area (Å²) in [6.45, 7) is 2.10. The topological polar surface area (TPSA) is 12.9 Å². The molecule has 21 heavy (non-hydrogen) atoms. The van der Waals surface area contributed by atoms with Crippen molar-refractivity contribution < 1.29 is 0 Å². The number of aryl methyl sites for hydroxylation is 1. The Kier molecular flexibility index (Phi) is 4.16. The van der Waals surface area contributed by atoms with Gasteiger partial charge in [0.15, 0.2) is 0 Å². The molecular formula is C19H16BrN. The quantitative estimate of drug-likeness (QED) is 0.565. The minimum Gasteiger partial charge on any atom is -0.248 e. The number of benzene rings is 2. The Morgan fingerprint density at radius 3 is 1.81 bits per heavy atom. The lowest BCUT2D eigenvalue weighted by Crippen LogP contribution is -1.88. The fourth-order valence-corrected chi connectivity index (χ4v) is 2.62. The zero-order chi connectivity index (χ0) is 14.7. The molecule has 0 aliphatic carbocycles. The number of alkyl halides is 1. The van der Waals surface area contributed by atoms with Crippen molar-refractivity contribution in [3.8, 4) is 22.5 Å². The molecule has 3 rings (SSSR count). The first-order chi connectivity index (χ1) is 10.3. The summed E-state index contributed by atoms with van der Waals surface area (Å²) < 4.78 is 0. The van der Waals surface area contributed by atoms with Gasteiger partial charge in [-0.15, -0.1) is 0 Å². The van der Waals surface area contributed by atoms with Gasteiger partial charge in [-0.3, -0.25) is 0 Å². The third-order valence-corrected chi connectivity index (χ3v) is 4.15. The average Bonchev–Trinajstić information content (AvgIpc) is 2.56. The van der Waals surface area contributed by atoms with E-state index in [4.69, 9.17) is 4.98 Å². The molecule has 0 saturated heterocycles. The molecule has 0 saturated carbocycles. The predicted octanol–water partition coefficient (Wildman–Crippen LogP) is 5.62. The number of pyridine rings is 1. The van der Waals surface area contributed by atoms with Crippen LogP contribution in [0.2, 0.25) is 0 Å². The third kappa shape index (κ3) is 3.22. The van der Waals surface area contributed by atoms with E-state index < -0.39 is 0 Å². The zero-order valence-corrected chi connectivity index (χ0v) is 13.5. The van der Waals surface area contributed by atoms with Gasteiger partial charge >= 0.3 is 0 Å². The molecule has 1 heterocycles. The Morgan fingerprint density at radius 2 is 1.29 bits per heavy atom. The van der Waals surface area contributed by atoms with Crippen LogP contribution in [0.4, 0.5) is 0 Å². The van der Waals surface area contributed by atoms with Crippen LogP contribution in [0.3, 0.4) is 0 Å². The van der Waals surface area contributed by atoms with E-state index in [9.17, 15) is 0 Å². The molecule has 0 aliphatic rings. The summed E-state index contributed by atoms with van der Waals surface area (Å²) >= 11 is 3.47. The summed E-state index contributed by atoms with van der Waals surface area (Å²) in [5.41, 5.74) is 6.85. The summed E-state index contributed by atoms with van der Waals surface area (Å²) in [6.07, 6.45) is 0. The molecule has 0 amide bonds. The molecule has 0 aliphatic heterocycles. The van der Waals surface area contributed by atoms with Crippen LogP contribution in [0.1, 0.15) is 11.1 Å². The highest BCUT2D eigenvalue weighted by molar-refractivity contribution is 9.08. The molecule has 2 aromatic carbocycles. The van der Waals surface area contributed by atoms with Crippen molar-refractivity contribution >= 4 is 15.9 Å².